The Morgan fingerprint density at radius 1 is 0.810 bits per heavy atom. The SMILES string of the molecule is COC(=O)CCC(=O)O[C@@H]1CC[C@@H](C[C@@H](C)[C@@H]2CC(=O)NCCNC(=O)CN(C)C(=O)[C@H](Cc3ccccc3)NC(=O)[C@H](CC(C)C)N(C)C(=O)[C@H](C)NC(=O)CSCC[C@@H]3CC[C@@H](C)[C@@](O)(O3)C(=O)C(=O)N3CCCC[C@H]3C(=O)O2)C[C@H]1C. The Labute approximate surface area is 498 Å². The number of nitrogens with one attached hydrogen (secondary N) is 4. The maximum absolute atomic E-state index is 14.4. The molecule has 0 spiro atoms. The van der Waals surface area contributed by atoms with Gasteiger partial charge >= 0.3 is 17.9 Å². The van der Waals surface area contributed by atoms with Crippen LogP contribution in [0.1, 0.15) is 137 Å². The second-order valence-electron chi connectivity index (χ2n) is 23.8. The second-order valence-corrected chi connectivity index (χ2v) is 24.9. The molecule has 0 unspecified atom stereocenters. The molecule has 12 atom stereocenters. The molecule has 3 heterocycles. The molecule has 24 heteroatoms. The predicted molar refractivity (Wildman–Crippen MR) is 310 cm³/mol. The number of methoxy groups -OCH3 is 1. The fourth-order valence-corrected chi connectivity index (χ4v) is 12.4. The van der Waals surface area contributed by atoms with Crippen molar-refractivity contribution in [2.24, 2.45) is 29.6 Å². The van der Waals surface area contributed by atoms with Crippen molar-refractivity contribution in [1.29, 1.82) is 0 Å². The minimum absolute atomic E-state index is 0.0179. The standard InChI is InChI=1S/C60H91N7O16S/c1-36(2)29-46-55(74)64-44(32-41-15-11-10-12-16-41)57(76)65(7)34-50(69)62-26-25-61-49(68)33-48(38(4)31-42-19-21-47(37(3)30-42)81-53(72)23-22-52(71)80-9)82-59(78)45-17-13-14-27-67(45)58(77)54(73)60(79)39(5)18-20-43(83-60)24-28-84-35-51(70)63-40(6)56(75)66(46)8/h10-12,15-16,36-40,42-48,79H,13-14,17-35H2,1-9H3,(H,61,68)(H,62,69)(H,63,70)(H,64,74)/t37-,38-,39-,40+,42-,43+,44+,45+,46+,47-,48+,60-/m1/s1. The lowest BCUT2D eigenvalue weighted by atomic mass is 9.75. The highest BCUT2D eigenvalue weighted by molar-refractivity contribution is 7.99. The highest BCUT2D eigenvalue weighted by Gasteiger charge is 2.53. The third-order valence-corrected chi connectivity index (χ3v) is 17.5. The highest BCUT2D eigenvalue weighted by Crippen LogP contribution is 2.38. The van der Waals surface area contributed by atoms with Gasteiger partial charge in [0.05, 0.1) is 44.8 Å². The molecule has 3 aliphatic heterocycles. The third kappa shape index (κ3) is 20.3. The molecule has 2 bridgehead atoms. The van der Waals surface area contributed by atoms with Crippen LogP contribution in [0.25, 0.3) is 0 Å². The lowest BCUT2D eigenvalue weighted by Crippen LogP contribution is -2.60. The average Bonchev–Trinajstić information content (AvgIpc) is 3.60. The third-order valence-electron chi connectivity index (χ3n) is 16.5. The monoisotopic (exact) mass is 1200 g/mol. The van der Waals surface area contributed by atoms with Crippen LogP contribution >= 0.6 is 11.8 Å². The number of hydrogen-bond donors (Lipinski definition) is 5. The number of hydrogen-bond acceptors (Lipinski definition) is 17. The van der Waals surface area contributed by atoms with Crippen molar-refractivity contribution in [3.8, 4) is 0 Å². The van der Waals surface area contributed by atoms with E-state index in [1.807, 2.05) is 33.8 Å². The first-order valence-corrected chi connectivity index (χ1v) is 31.0. The van der Waals surface area contributed by atoms with Crippen LogP contribution in [0.3, 0.4) is 0 Å². The number of carbonyl (C=O) groups excluding carboxylic acids is 11. The van der Waals surface area contributed by atoms with Crippen LogP contribution < -0.4 is 21.3 Å². The van der Waals surface area contributed by atoms with Crippen LogP contribution in [-0.4, -0.2) is 192 Å². The van der Waals surface area contributed by atoms with Gasteiger partial charge in [-0.25, -0.2) is 4.79 Å². The smallest absolute Gasteiger partial charge is 0.329 e. The fraction of sp³-hybridized carbons (Fsp3) is 0.717. The van der Waals surface area contributed by atoms with Gasteiger partial charge in [-0.3, -0.25) is 47.9 Å². The van der Waals surface area contributed by atoms with E-state index < -0.39 is 126 Å². The van der Waals surface area contributed by atoms with E-state index in [1.165, 1.54) is 49.7 Å². The Bertz CT molecular complexity index is 2470. The summed E-state index contributed by atoms with van der Waals surface area (Å²) in [5.41, 5.74) is 0.727. The molecule has 1 aliphatic carbocycles. The number of likely N-dealkylation sites (N-methyl/N-ethyl adjacent to an activating group) is 2. The summed E-state index contributed by atoms with van der Waals surface area (Å²) in [6.45, 7) is 10.2. The highest BCUT2D eigenvalue weighted by atomic mass is 32.2. The average molecular weight is 1200 g/mol. The van der Waals surface area contributed by atoms with E-state index in [9.17, 15) is 57.8 Å². The zero-order valence-electron chi connectivity index (χ0n) is 50.5. The first kappa shape index (κ1) is 68.6. The van der Waals surface area contributed by atoms with Crippen LogP contribution in [0.4, 0.5) is 0 Å². The minimum atomic E-state index is -2.52. The number of rotatable bonds is 11. The van der Waals surface area contributed by atoms with Crippen LogP contribution in [0.15, 0.2) is 30.3 Å². The molecule has 5 rings (SSSR count). The molecule has 3 saturated heterocycles. The fourth-order valence-electron chi connectivity index (χ4n) is 11.6. The molecular formula is C60H91N7O16S. The molecule has 0 radical (unpaired) electrons. The summed E-state index contributed by atoms with van der Waals surface area (Å²) >= 11 is 1.24. The molecule has 84 heavy (non-hydrogen) atoms. The van der Waals surface area contributed by atoms with Gasteiger partial charge in [0.2, 0.25) is 41.2 Å². The van der Waals surface area contributed by atoms with Gasteiger partial charge in [-0.05, 0) is 113 Å². The van der Waals surface area contributed by atoms with Gasteiger partial charge in [-0.1, -0.05) is 65.0 Å². The maximum Gasteiger partial charge on any atom is 0.329 e. The number of ether oxygens (including phenoxy) is 4. The van der Waals surface area contributed by atoms with Crippen molar-refractivity contribution >= 4 is 76.8 Å². The molecular weight excluding hydrogens is 1110 g/mol. The number of thioether (sulfide) groups is 1. The molecule has 4 aliphatic rings. The van der Waals surface area contributed by atoms with E-state index in [0.717, 1.165) is 10.5 Å². The van der Waals surface area contributed by atoms with Gasteiger partial charge in [0.25, 0.3) is 11.7 Å². The Kier molecular flexibility index (Phi) is 26.9. The summed E-state index contributed by atoms with van der Waals surface area (Å²) < 4.78 is 22.7. The Morgan fingerprint density at radius 3 is 2.18 bits per heavy atom. The van der Waals surface area contributed by atoms with Crippen molar-refractivity contribution in [3.05, 3.63) is 35.9 Å². The summed E-state index contributed by atoms with van der Waals surface area (Å²) in [6, 6.07) is 4.53. The molecule has 5 N–H and O–H groups in total. The molecule has 23 nitrogen and oxygen atoms in total. The quantitative estimate of drug-likeness (QED) is 0.121. The number of amides is 7. The van der Waals surface area contributed by atoms with Gasteiger partial charge < -0.3 is 60.0 Å². The van der Waals surface area contributed by atoms with E-state index in [-0.39, 0.29) is 87.8 Å². The number of nitrogens with zero attached hydrogens (tertiary/aromatic N) is 3. The number of fused-ring (bicyclic) bond motifs is 3. The van der Waals surface area contributed by atoms with Crippen molar-refractivity contribution < 1.29 is 76.8 Å². The Hall–Kier alpha value is -6.14. The van der Waals surface area contributed by atoms with Gasteiger partial charge in [0.1, 0.15) is 36.4 Å². The van der Waals surface area contributed by atoms with Gasteiger partial charge in [-0.15, -0.1) is 0 Å². The number of carbonyl (C=O) groups is 11. The van der Waals surface area contributed by atoms with Gasteiger partial charge in [0.15, 0.2) is 0 Å². The summed E-state index contributed by atoms with van der Waals surface area (Å²) in [7, 11) is 4.14. The molecule has 7 amide bonds. The molecule has 0 aromatic heterocycles. The van der Waals surface area contributed by atoms with E-state index in [2.05, 4.69) is 26.0 Å². The molecule has 1 aromatic rings. The van der Waals surface area contributed by atoms with Gasteiger partial charge in [-0.2, -0.15) is 11.8 Å². The summed E-state index contributed by atoms with van der Waals surface area (Å²) in [4.78, 5) is 154. The van der Waals surface area contributed by atoms with E-state index in [4.69, 9.17) is 14.2 Å². The van der Waals surface area contributed by atoms with Crippen molar-refractivity contribution in [3.63, 3.8) is 0 Å². The molecule has 1 aromatic carbocycles. The predicted octanol–water partition coefficient (Wildman–Crippen LogP) is 3.00. The van der Waals surface area contributed by atoms with E-state index in [1.54, 1.807) is 31.2 Å². The van der Waals surface area contributed by atoms with Crippen LogP contribution in [0, 0.1) is 29.6 Å². The number of ketones is 1. The van der Waals surface area contributed by atoms with Crippen LogP contribution in [-0.2, 0) is 78.1 Å². The number of cyclic esters (lactones) is 1. The summed E-state index contributed by atoms with van der Waals surface area (Å²) in [5.74, 6) is -10.9. The number of piperidine rings is 1. The lowest BCUT2D eigenvalue weighted by molar-refractivity contribution is -0.262. The first-order chi connectivity index (χ1) is 39.8. The first-order valence-electron chi connectivity index (χ1n) is 29.8. The van der Waals surface area contributed by atoms with Crippen LogP contribution in [0.2, 0.25) is 0 Å². The number of esters is 3. The zero-order valence-corrected chi connectivity index (χ0v) is 51.3. The Morgan fingerprint density at radius 2 is 1.50 bits per heavy atom. The molecule has 4 fully saturated rings. The van der Waals surface area contributed by atoms with Gasteiger partial charge in [0, 0.05) is 46.1 Å². The van der Waals surface area contributed by atoms with Crippen LogP contribution in [0.5, 0.6) is 0 Å². The largest absolute Gasteiger partial charge is 0.469 e. The van der Waals surface area contributed by atoms with E-state index in [0.29, 0.717) is 63.5 Å². The summed E-state index contributed by atoms with van der Waals surface area (Å²) in [6.07, 6.45) is 2.31. The Balaban J connectivity index is 1.37. The maximum atomic E-state index is 14.4. The molecule has 468 valence electrons. The van der Waals surface area contributed by atoms with E-state index >= 15 is 0 Å². The van der Waals surface area contributed by atoms with Crippen molar-refractivity contribution in [2.45, 2.75) is 186 Å². The van der Waals surface area contributed by atoms with Crippen molar-refractivity contribution in [2.75, 3.05) is 58.9 Å². The number of Topliss-reactive ketones (excluding diaryl/α,β-unsaturated/α-hetero) is 1. The topological polar surface area (TPSA) is 303 Å². The normalized spacial score (nSPS) is 30.0. The second kappa shape index (κ2) is 33.0. The molecule has 1 saturated carbocycles. The minimum Gasteiger partial charge on any atom is -0.469 e. The number of benzene rings is 1. The number of aliphatic hydroxyl groups is 1. The summed E-state index contributed by atoms with van der Waals surface area (Å²) in [5, 5.41) is 23.0. The zero-order chi connectivity index (χ0) is 61.8. The lowest BCUT2D eigenvalue weighted by Gasteiger charge is -2.42. The van der Waals surface area contributed by atoms with Crippen molar-refractivity contribution in [1.82, 2.24) is 36.0 Å².